The van der Waals surface area contributed by atoms with Crippen LogP contribution >= 0.6 is 0 Å². The van der Waals surface area contributed by atoms with Crippen LogP contribution in [0.15, 0.2) is 24.3 Å². The molecule has 152 valence electrons. The van der Waals surface area contributed by atoms with Gasteiger partial charge in [-0.3, -0.25) is 29.4 Å². The van der Waals surface area contributed by atoms with Crippen LogP contribution in [0.5, 0.6) is 0 Å². The number of piperidine rings is 2. The molecule has 2 amide bonds. The number of nitrogens with one attached hydrogen (secondary N) is 2. The zero-order chi connectivity index (χ0) is 20.5. The van der Waals surface area contributed by atoms with Crippen LogP contribution in [0, 0.1) is 0 Å². The Morgan fingerprint density at radius 1 is 1.18 bits per heavy atom. The molecule has 2 aliphatic heterocycles. The fraction of sp³-hybridized carbons (Fsp3) is 0.474. The second-order valence-corrected chi connectivity index (χ2v) is 6.82. The first-order valence-electron chi connectivity index (χ1n) is 9.15. The van der Waals surface area contributed by atoms with Crippen LogP contribution in [0.3, 0.4) is 0 Å². The Kier molecular flexibility index (Phi) is 7.94. The van der Waals surface area contributed by atoms with Gasteiger partial charge in [-0.15, -0.1) is 0 Å². The van der Waals surface area contributed by atoms with E-state index in [9.17, 15) is 14.4 Å². The van der Waals surface area contributed by atoms with E-state index in [2.05, 4.69) is 22.8 Å². The highest BCUT2D eigenvalue weighted by Crippen LogP contribution is 2.29. The summed E-state index contributed by atoms with van der Waals surface area (Å²) < 4.78 is 0. The van der Waals surface area contributed by atoms with Crippen LogP contribution in [0.4, 0.5) is 5.69 Å². The SMILES string of the molecule is O=C(O)CN1CCC(c2ccc(NC3CCC(=O)NC3=O)cc2)CC1.O=CO. The molecule has 0 spiro atoms. The number of nitrogens with zero attached hydrogens (tertiary/aromatic N) is 1. The van der Waals surface area contributed by atoms with E-state index in [0.29, 0.717) is 18.8 Å². The van der Waals surface area contributed by atoms with Crippen LogP contribution in [0.1, 0.15) is 37.2 Å². The molecule has 0 saturated carbocycles. The predicted octanol–water partition coefficient (Wildman–Crippen LogP) is 0.869. The fourth-order valence-electron chi connectivity index (χ4n) is 3.50. The van der Waals surface area contributed by atoms with Gasteiger partial charge in [0.05, 0.1) is 6.54 Å². The molecule has 0 aliphatic carbocycles. The van der Waals surface area contributed by atoms with Crippen molar-refractivity contribution in [3.05, 3.63) is 29.8 Å². The lowest BCUT2D eigenvalue weighted by Crippen LogP contribution is -2.47. The number of likely N-dealkylation sites (tertiary alicyclic amines) is 1. The zero-order valence-corrected chi connectivity index (χ0v) is 15.5. The Balaban J connectivity index is 0.000000878. The monoisotopic (exact) mass is 391 g/mol. The largest absolute Gasteiger partial charge is 0.483 e. The van der Waals surface area contributed by atoms with Gasteiger partial charge in [-0.1, -0.05) is 12.1 Å². The lowest BCUT2D eigenvalue weighted by atomic mass is 9.89. The van der Waals surface area contributed by atoms with E-state index in [1.807, 2.05) is 17.0 Å². The Morgan fingerprint density at radius 2 is 1.79 bits per heavy atom. The third kappa shape index (κ3) is 6.34. The lowest BCUT2D eigenvalue weighted by Gasteiger charge is -2.31. The fourth-order valence-corrected chi connectivity index (χ4v) is 3.50. The number of amides is 2. The average Bonchev–Trinajstić information content (AvgIpc) is 2.66. The molecule has 2 fully saturated rings. The summed E-state index contributed by atoms with van der Waals surface area (Å²) in [6.45, 7) is 1.46. The molecule has 2 saturated heterocycles. The zero-order valence-electron chi connectivity index (χ0n) is 15.5. The van der Waals surface area contributed by atoms with E-state index in [4.69, 9.17) is 15.0 Å². The summed E-state index contributed by atoms with van der Waals surface area (Å²) in [6.07, 6.45) is 2.77. The number of carboxylic acid groups (broad SMARTS) is 2. The van der Waals surface area contributed by atoms with Crippen molar-refractivity contribution in [2.24, 2.45) is 0 Å². The quantitative estimate of drug-likeness (QED) is 0.429. The van der Waals surface area contributed by atoms with Crippen molar-refractivity contribution < 1.29 is 29.4 Å². The number of rotatable bonds is 5. The van der Waals surface area contributed by atoms with Crippen molar-refractivity contribution in [3.8, 4) is 0 Å². The lowest BCUT2D eigenvalue weighted by molar-refractivity contribution is -0.138. The van der Waals surface area contributed by atoms with Gasteiger partial charge >= 0.3 is 5.97 Å². The summed E-state index contributed by atoms with van der Waals surface area (Å²) in [4.78, 5) is 44.1. The molecule has 0 radical (unpaired) electrons. The number of benzene rings is 1. The molecular weight excluding hydrogens is 366 g/mol. The van der Waals surface area contributed by atoms with Crippen molar-refractivity contribution in [1.82, 2.24) is 10.2 Å². The van der Waals surface area contributed by atoms with Gasteiger partial charge in [-0.05, 0) is 56.0 Å². The Labute approximate surface area is 162 Å². The first kappa shape index (κ1) is 21.4. The minimum Gasteiger partial charge on any atom is -0.483 e. The van der Waals surface area contributed by atoms with Crippen molar-refractivity contribution in [3.63, 3.8) is 0 Å². The summed E-state index contributed by atoms with van der Waals surface area (Å²) in [5.74, 6) is -0.823. The molecule has 0 bridgehead atoms. The van der Waals surface area contributed by atoms with Crippen molar-refractivity contribution in [1.29, 1.82) is 0 Å². The molecule has 9 heteroatoms. The summed E-state index contributed by atoms with van der Waals surface area (Å²) >= 11 is 0. The first-order valence-corrected chi connectivity index (χ1v) is 9.15. The smallest absolute Gasteiger partial charge is 0.317 e. The number of aliphatic carboxylic acids is 1. The molecular formula is C19H25N3O6. The predicted molar refractivity (Wildman–Crippen MR) is 101 cm³/mol. The van der Waals surface area contributed by atoms with Crippen LogP contribution in [0.25, 0.3) is 0 Å². The minimum atomic E-state index is -0.776. The number of carboxylic acids is 1. The number of imide groups is 1. The van der Waals surface area contributed by atoms with E-state index in [1.54, 1.807) is 0 Å². The van der Waals surface area contributed by atoms with Gasteiger partial charge in [-0.2, -0.15) is 0 Å². The molecule has 3 rings (SSSR count). The topological polar surface area (TPSA) is 136 Å². The van der Waals surface area contributed by atoms with E-state index >= 15 is 0 Å². The summed E-state index contributed by atoms with van der Waals surface area (Å²) in [7, 11) is 0. The summed E-state index contributed by atoms with van der Waals surface area (Å²) in [5, 5.41) is 21.3. The van der Waals surface area contributed by atoms with E-state index < -0.39 is 5.97 Å². The summed E-state index contributed by atoms with van der Waals surface area (Å²) in [5.41, 5.74) is 2.10. The van der Waals surface area contributed by atoms with Crippen LogP contribution in [0.2, 0.25) is 0 Å². The molecule has 1 aromatic rings. The van der Waals surface area contributed by atoms with E-state index in [-0.39, 0.29) is 30.9 Å². The highest BCUT2D eigenvalue weighted by molar-refractivity contribution is 6.01. The van der Waals surface area contributed by atoms with Crippen LogP contribution in [-0.2, 0) is 19.2 Å². The van der Waals surface area contributed by atoms with Crippen molar-refractivity contribution in [2.45, 2.75) is 37.6 Å². The third-order valence-electron chi connectivity index (χ3n) is 4.91. The maximum Gasteiger partial charge on any atom is 0.317 e. The highest BCUT2D eigenvalue weighted by atomic mass is 16.4. The number of hydrogen-bond donors (Lipinski definition) is 4. The molecule has 1 unspecified atom stereocenters. The molecule has 0 aromatic heterocycles. The van der Waals surface area contributed by atoms with Gasteiger partial charge in [0.1, 0.15) is 6.04 Å². The second kappa shape index (κ2) is 10.4. The third-order valence-corrected chi connectivity index (χ3v) is 4.91. The van der Waals surface area contributed by atoms with Crippen molar-refractivity contribution >= 4 is 29.9 Å². The van der Waals surface area contributed by atoms with Gasteiger partial charge in [0.15, 0.2) is 0 Å². The Hall–Kier alpha value is -2.94. The molecule has 1 atom stereocenters. The van der Waals surface area contributed by atoms with Crippen LogP contribution < -0.4 is 10.6 Å². The highest BCUT2D eigenvalue weighted by Gasteiger charge is 2.26. The number of hydrogen-bond acceptors (Lipinski definition) is 6. The molecule has 4 N–H and O–H groups in total. The molecule has 2 aliphatic rings. The van der Waals surface area contributed by atoms with Crippen molar-refractivity contribution in [2.75, 3.05) is 25.0 Å². The van der Waals surface area contributed by atoms with Gasteiger partial charge < -0.3 is 15.5 Å². The van der Waals surface area contributed by atoms with E-state index in [1.165, 1.54) is 5.56 Å². The average molecular weight is 391 g/mol. The standard InChI is InChI=1S/C18H23N3O4.CH2O2/c22-16-6-5-15(18(25)20-16)19-14-3-1-12(2-4-14)13-7-9-21(10-8-13)11-17(23)24;2-1-3/h1-4,13,15,19H,5-11H2,(H,23,24)(H,20,22,25);1H,(H,2,3). The van der Waals surface area contributed by atoms with Crippen LogP contribution in [-0.4, -0.2) is 65.0 Å². The van der Waals surface area contributed by atoms with Gasteiger partial charge in [0, 0.05) is 12.1 Å². The number of anilines is 1. The van der Waals surface area contributed by atoms with Gasteiger partial charge in [0.2, 0.25) is 11.8 Å². The van der Waals surface area contributed by atoms with Gasteiger partial charge in [-0.25, -0.2) is 0 Å². The van der Waals surface area contributed by atoms with E-state index in [0.717, 1.165) is 31.6 Å². The number of carbonyl (C=O) groups is 4. The second-order valence-electron chi connectivity index (χ2n) is 6.82. The molecule has 2 heterocycles. The maximum atomic E-state index is 11.8. The molecule has 1 aromatic carbocycles. The number of carbonyl (C=O) groups excluding carboxylic acids is 2. The normalized spacial score (nSPS) is 20.5. The maximum absolute atomic E-state index is 11.8. The Morgan fingerprint density at radius 3 is 2.32 bits per heavy atom. The minimum absolute atomic E-state index is 0.113. The first-order chi connectivity index (χ1) is 13.4. The summed E-state index contributed by atoms with van der Waals surface area (Å²) in [6, 6.07) is 7.67. The van der Waals surface area contributed by atoms with Gasteiger partial charge in [0.25, 0.3) is 6.47 Å². The molecule has 9 nitrogen and oxygen atoms in total. The Bertz CT molecular complexity index is 698. The molecule has 28 heavy (non-hydrogen) atoms.